The van der Waals surface area contributed by atoms with E-state index in [1.165, 1.54) is 11.4 Å². The molecular formula is C27H29N3O5S2. The summed E-state index contributed by atoms with van der Waals surface area (Å²) in [4.78, 5) is 18.5. The van der Waals surface area contributed by atoms with Crippen LogP contribution in [-0.4, -0.2) is 70.4 Å². The summed E-state index contributed by atoms with van der Waals surface area (Å²) in [6.07, 6.45) is 1.94. The van der Waals surface area contributed by atoms with Crippen molar-refractivity contribution < 1.29 is 22.7 Å². The van der Waals surface area contributed by atoms with Gasteiger partial charge >= 0.3 is 0 Å². The Labute approximate surface area is 221 Å². The highest BCUT2D eigenvalue weighted by atomic mass is 32.2. The Morgan fingerprint density at radius 2 is 1.59 bits per heavy atom. The van der Waals surface area contributed by atoms with Crippen molar-refractivity contribution in [1.82, 2.24) is 9.80 Å². The molecule has 0 saturated carbocycles. The van der Waals surface area contributed by atoms with Gasteiger partial charge in [-0.2, -0.15) is 0 Å². The van der Waals surface area contributed by atoms with Crippen LogP contribution in [0.25, 0.3) is 0 Å². The largest absolute Gasteiger partial charge is 0.454 e. The lowest BCUT2D eigenvalue weighted by Crippen LogP contribution is -2.48. The highest BCUT2D eigenvalue weighted by molar-refractivity contribution is 7.98. The zero-order valence-corrected chi connectivity index (χ0v) is 22.4. The highest BCUT2D eigenvalue weighted by Gasteiger charge is 2.25. The van der Waals surface area contributed by atoms with E-state index < -0.39 is 10.0 Å². The number of anilines is 1. The third-order valence-electron chi connectivity index (χ3n) is 6.70. The number of benzene rings is 3. The van der Waals surface area contributed by atoms with Crippen molar-refractivity contribution in [3.63, 3.8) is 0 Å². The molecule has 0 aliphatic carbocycles. The number of nitrogens with zero attached hydrogens (tertiary/aromatic N) is 3. The predicted molar refractivity (Wildman–Crippen MR) is 144 cm³/mol. The standard InChI is InChI=1S/C27H29N3O5S2/c1-28(37(32,33)24-10-8-23(36-2)9-11-24)22-6-4-21(5-7-22)27(31)30-15-13-29(14-16-30)18-20-3-12-25-26(17-20)35-19-34-25/h3-12,17H,13-16,18-19H2,1-2H3. The fraction of sp³-hybridized carbons (Fsp3) is 0.296. The third kappa shape index (κ3) is 5.41. The molecule has 0 aromatic heterocycles. The van der Waals surface area contributed by atoms with E-state index in [2.05, 4.69) is 4.90 Å². The number of ether oxygens (including phenoxy) is 2. The maximum absolute atomic E-state index is 13.1. The van der Waals surface area contributed by atoms with E-state index in [0.717, 1.165) is 41.6 Å². The lowest BCUT2D eigenvalue weighted by Gasteiger charge is -2.35. The minimum atomic E-state index is -3.70. The first-order chi connectivity index (χ1) is 17.8. The lowest BCUT2D eigenvalue weighted by molar-refractivity contribution is 0.0628. The first-order valence-electron chi connectivity index (χ1n) is 12.0. The Balaban J connectivity index is 1.18. The monoisotopic (exact) mass is 539 g/mol. The van der Waals surface area contributed by atoms with Gasteiger partial charge in [0.2, 0.25) is 6.79 Å². The molecule has 1 saturated heterocycles. The molecule has 2 heterocycles. The van der Waals surface area contributed by atoms with Crippen molar-refractivity contribution in [3.05, 3.63) is 77.9 Å². The molecule has 1 fully saturated rings. The maximum Gasteiger partial charge on any atom is 0.264 e. The van der Waals surface area contributed by atoms with E-state index in [1.807, 2.05) is 29.4 Å². The molecule has 0 N–H and O–H groups in total. The molecule has 37 heavy (non-hydrogen) atoms. The van der Waals surface area contributed by atoms with Gasteiger partial charge in [-0.05, 0) is 72.5 Å². The second-order valence-corrected chi connectivity index (χ2v) is 11.8. The minimum Gasteiger partial charge on any atom is -0.454 e. The molecule has 3 aromatic rings. The fourth-order valence-corrected chi connectivity index (χ4v) is 6.05. The number of carbonyl (C=O) groups excluding carboxylic acids is 1. The number of sulfonamides is 1. The number of hydrogen-bond acceptors (Lipinski definition) is 7. The van der Waals surface area contributed by atoms with Gasteiger partial charge in [0.25, 0.3) is 15.9 Å². The van der Waals surface area contributed by atoms with Gasteiger partial charge in [-0.3, -0.25) is 14.0 Å². The van der Waals surface area contributed by atoms with Gasteiger partial charge < -0.3 is 14.4 Å². The smallest absolute Gasteiger partial charge is 0.264 e. The number of thioether (sulfide) groups is 1. The number of amides is 1. The molecule has 2 aliphatic rings. The maximum atomic E-state index is 13.1. The van der Waals surface area contributed by atoms with Crippen LogP contribution < -0.4 is 13.8 Å². The van der Waals surface area contributed by atoms with E-state index >= 15 is 0 Å². The normalized spacial score (nSPS) is 15.6. The van der Waals surface area contributed by atoms with Crippen LogP contribution >= 0.6 is 11.8 Å². The van der Waals surface area contributed by atoms with Crippen LogP contribution in [0.1, 0.15) is 15.9 Å². The quantitative estimate of drug-likeness (QED) is 0.421. The van der Waals surface area contributed by atoms with E-state index in [-0.39, 0.29) is 17.6 Å². The van der Waals surface area contributed by atoms with Crippen LogP contribution in [0.3, 0.4) is 0 Å². The average Bonchev–Trinajstić information content (AvgIpc) is 3.41. The van der Waals surface area contributed by atoms with Gasteiger partial charge in [0.1, 0.15) is 0 Å². The molecule has 10 heteroatoms. The van der Waals surface area contributed by atoms with Crippen LogP contribution in [-0.2, 0) is 16.6 Å². The summed E-state index contributed by atoms with van der Waals surface area (Å²) in [5.41, 5.74) is 2.20. The Bertz CT molecular complexity index is 1370. The van der Waals surface area contributed by atoms with Crippen molar-refractivity contribution in [2.75, 3.05) is 50.6 Å². The summed E-state index contributed by atoms with van der Waals surface area (Å²) < 4.78 is 38.2. The van der Waals surface area contributed by atoms with Crippen molar-refractivity contribution in [1.29, 1.82) is 0 Å². The third-order valence-corrected chi connectivity index (χ3v) is 9.24. The van der Waals surface area contributed by atoms with Crippen molar-refractivity contribution >= 4 is 33.4 Å². The van der Waals surface area contributed by atoms with Gasteiger partial charge in [0.05, 0.1) is 10.6 Å². The fourth-order valence-electron chi connectivity index (χ4n) is 4.45. The second kappa shape index (κ2) is 10.6. The molecular weight excluding hydrogens is 510 g/mol. The molecule has 5 rings (SSSR count). The van der Waals surface area contributed by atoms with Gasteiger partial charge in [-0.15, -0.1) is 11.8 Å². The highest BCUT2D eigenvalue weighted by Crippen LogP contribution is 2.33. The summed E-state index contributed by atoms with van der Waals surface area (Å²) in [6.45, 7) is 3.85. The Hall–Kier alpha value is -3.21. The number of fused-ring (bicyclic) bond motifs is 1. The predicted octanol–water partition coefficient (Wildman–Crippen LogP) is 3.92. The van der Waals surface area contributed by atoms with Crippen LogP contribution in [0.2, 0.25) is 0 Å². The van der Waals surface area contributed by atoms with Crippen LogP contribution in [0.5, 0.6) is 11.5 Å². The zero-order chi connectivity index (χ0) is 26.0. The first kappa shape index (κ1) is 25.4. The molecule has 0 radical (unpaired) electrons. The molecule has 194 valence electrons. The molecule has 0 unspecified atom stereocenters. The van der Waals surface area contributed by atoms with Gasteiger partial charge in [0, 0.05) is 50.2 Å². The van der Waals surface area contributed by atoms with Gasteiger partial charge in [-0.1, -0.05) is 6.07 Å². The van der Waals surface area contributed by atoms with Gasteiger partial charge in [-0.25, -0.2) is 8.42 Å². The zero-order valence-electron chi connectivity index (χ0n) is 20.8. The number of piperazine rings is 1. The number of hydrogen-bond donors (Lipinski definition) is 0. The Kier molecular flexibility index (Phi) is 7.32. The van der Waals surface area contributed by atoms with E-state index in [9.17, 15) is 13.2 Å². The summed E-state index contributed by atoms with van der Waals surface area (Å²) in [5.74, 6) is 1.51. The van der Waals surface area contributed by atoms with Crippen molar-refractivity contribution in [3.8, 4) is 11.5 Å². The van der Waals surface area contributed by atoms with Gasteiger partial charge in [0.15, 0.2) is 11.5 Å². The Morgan fingerprint density at radius 1 is 0.919 bits per heavy atom. The van der Waals surface area contributed by atoms with Crippen LogP contribution in [0, 0.1) is 0 Å². The molecule has 0 bridgehead atoms. The summed E-state index contributed by atoms with van der Waals surface area (Å²) >= 11 is 1.56. The minimum absolute atomic E-state index is 0.0487. The molecule has 0 atom stereocenters. The van der Waals surface area contributed by atoms with Crippen LogP contribution in [0.4, 0.5) is 5.69 Å². The summed E-state index contributed by atoms with van der Waals surface area (Å²) in [7, 11) is -2.18. The molecule has 3 aromatic carbocycles. The second-order valence-electron chi connectivity index (χ2n) is 8.95. The number of rotatable bonds is 7. The number of carbonyl (C=O) groups is 1. The van der Waals surface area contributed by atoms with E-state index in [1.54, 1.807) is 60.3 Å². The SMILES string of the molecule is CSc1ccc(S(=O)(=O)N(C)c2ccc(C(=O)N3CCN(Cc4ccc5c(c4)OCO5)CC3)cc2)cc1. The molecule has 1 amide bonds. The van der Waals surface area contributed by atoms with Crippen LogP contribution in [0.15, 0.2) is 76.5 Å². The Morgan fingerprint density at radius 3 is 2.27 bits per heavy atom. The average molecular weight is 540 g/mol. The lowest BCUT2D eigenvalue weighted by atomic mass is 10.1. The van der Waals surface area contributed by atoms with E-state index in [0.29, 0.717) is 24.3 Å². The summed E-state index contributed by atoms with van der Waals surface area (Å²) in [5, 5.41) is 0. The topological polar surface area (TPSA) is 79.4 Å². The molecule has 0 spiro atoms. The van der Waals surface area contributed by atoms with Crippen molar-refractivity contribution in [2.45, 2.75) is 16.3 Å². The van der Waals surface area contributed by atoms with Crippen molar-refractivity contribution in [2.24, 2.45) is 0 Å². The molecule has 2 aliphatic heterocycles. The first-order valence-corrected chi connectivity index (χ1v) is 14.6. The summed E-state index contributed by atoms with van der Waals surface area (Å²) in [6, 6.07) is 19.5. The van der Waals surface area contributed by atoms with E-state index in [4.69, 9.17) is 9.47 Å². The molecule has 8 nitrogen and oxygen atoms in total.